The molecule has 0 saturated carbocycles. The van der Waals surface area contributed by atoms with Crippen molar-refractivity contribution in [2.45, 2.75) is 34.2 Å². The summed E-state index contributed by atoms with van der Waals surface area (Å²) in [7, 11) is 0. The summed E-state index contributed by atoms with van der Waals surface area (Å²) in [6.45, 7) is 7.72. The van der Waals surface area contributed by atoms with Crippen molar-refractivity contribution in [3.63, 3.8) is 0 Å². The second-order valence-electron chi connectivity index (χ2n) is 6.66. The maximum absolute atomic E-state index is 12.8. The van der Waals surface area contributed by atoms with E-state index in [9.17, 15) is 9.59 Å². The minimum atomic E-state index is -0.583. The number of carbonyl (C=O) groups is 1. The first-order valence-electron chi connectivity index (χ1n) is 8.41. The van der Waals surface area contributed by atoms with Crippen LogP contribution in [0.1, 0.15) is 32.9 Å². The number of Topliss-reactive ketones (excluding diaryl/α,β-unsaturated/α-hetero) is 1. The first-order chi connectivity index (χ1) is 12.7. The molecule has 0 fully saturated rings. The standard InChI is InChI=1S/C20H19Cl2N3O2/c1-11-5-12(2)7-15(6-11)25-13(3)8-16(14(25)4)18(26)10-24-20(27)19(22)17(21)9-23-24/h5-9H,10H2,1-4H3. The summed E-state index contributed by atoms with van der Waals surface area (Å²) in [5.41, 5.74) is 5.03. The third kappa shape index (κ3) is 3.70. The molecule has 0 bridgehead atoms. The van der Waals surface area contributed by atoms with Gasteiger partial charge < -0.3 is 4.57 Å². The van der Waals surface area contributed by atoms with Crippen molar-refractivity contribution in [1.82, 2.24) is 14.3 Å². The van der Waals surface area contributed by atoms with Crippen molar-refractivity contribution < 1.29 is 4.79 Å². The minimum absolute atomic E-state index is 0.0679. The molecule has 0 aliphatic carbocycles. The fourth-order valence-electron chi connectivity index (χ4n) is 3.30. The van der Waals surface area contributed by atoms with Crippen molar-refractivity contribution in [1.29, 1.82) is 0 Å². The normalized spacial score (nSPS) is 11.0. The Morgan fingerprint density at radius 1 is 1.04 bits per heavy atom. The zero-order chi connectivity index (χ0) is 19.9. The quantitative estimate of drug-likeness (QED) is 0.604. The highest BCUT2D eigenvalue weighted by Gasteiger charge is 2.19. The van der Waals surface area contributed by atoms with Crippen molar-refractivity contribution >= 4 is 29.0 Å². The zero-order valence-corrected chi connectivity index (χ0v) is 17.0. The molecular weight excluding hydrogens is 385 g/mol. The lowest BCUT2D eigenvalue weighted by atomic mass is 10.1. The lowest BCUT2D eigenvalue weighted by Gasteiger charge is -2.12. The predicted octanol–water partition coefficient (Wildman–Crippen LogP) is 4.46. The number of aromatic nitrogens is 3. The molecule has 0 aliphatic rings. The zero-order valence-electron chi connectivity index (χ0n) is 15.5. The third-order valence-corrected chi connectivity index (χ3v) is 5.18. The summed E-state index contributed by atoms with van der Waals surface area (Å²) in [5, 5.41) is 3.83. The van der Waals surface area contributed by atoms with E-state index in [4.69, 9.17) is 23.2 Å². The van der Waals surface area contributed by atoms with Crippen LogP contribution < -0.4 is 5.56 Å². The number of aryl methyl sites for hydroxylation is 3. The molecule has 5 nitrogen and oxygen atoms in total. The Labute approximate surface area is 167 Å². The summed E-state index contributed by atoms with van der Waals surface area (Å²) >= 11 is 11.6. The smallest absolute Gasteiger partial charge is 0.287 e. The van der Waals surface area contributed by atoms with Gasteiger partial charge in [0.25, 0.3) is 5.56 Å². The highest BCUT2D eigenvalue weighted by Crippen LogP contribution is 2.23. The van der Waals surface area contributed by atoms with E-state index < -0.39 is 5.56 Å². The van der Waals surface area contributed by atoms with E-state index >= 15 is 0 Å². The maximum atomic E-state index is 12.8. The molecule has 7 heteroatoms. The summed E-state index contributed by atoms with van der Waals surface area (Å²) in [5.74, 6) is -0.216. The van der Waals surface area contributed by atoms with Gasteiger partial charge in [0, 0.05) is 22.6 Å². The molecule has 3 rings (SSSR count). The van der Waals surface area contributed by atoms with E-state index in [1.54, 1.807) is 0 Å². The predicted molar refractivity (Wildman–Crippen MR) is 108 cm³/mol. The van der Waals surface area contributed by atoms with Crippen LogP contribution in [0.15, 0.2) is 35.3 Å². The van der Waals surface area contributed by atoms with Crippen LogP contribution >= 0.6 is 23.2 Å². The van der Waals surface area contributed by atoms with Gasteiger partial charge in [-0.1, -0.05) is 29.3 Å². The average molecular weight is 404 g/mol. The third-order valence-electron chi connectivity index (χ3n) is 4.43. The number of benzene rings is 1. The van der Waals surface area contributed by atoms with E-state index in [2.05, 4.69) is 23.3 Å². The first kappa shape index (κ1) is 19.4. The molecule has 2 heterocycles. The summed E-state index contributed by atoms with van der Waals surface area (Å²) in [6.07, 6.45) is 1.26. The molecule has 1 aromatic carbocycles. The topological polar surface area (TPSA) is 56.9 Å². The molecule has 0 N–H and O–H groups in total. The van der Waals surface area contributed by atoms with Gasteiger partial charge in [-0.25, -0.2) is 4.68 Å². The number of nitrogens with zero attached hydrogens (tertiary/aromatic N) is 3. The SMILES string of the molecule is Cc1cc(C)cc(-n2c(C)cc(C(=O)Cn3ncc(Cl)c(Cl)c3=O)c2C)c1. The Hall–Kier alpha value is -2.37. The Kier molecular flexibility index (Phi) is 5.27. The molecule has 0 amide bonds. The monoisotopic (exact) mass is 403 g/mol. The molecule has 0 unspecified atom stereocenters. The summed E-state index contributed by atoms with van der Waals surface area (Å²) < 4.78 is 3.07. The molecule has 27 heavy (non-hydrogen) atoms. The highest BCUT2D eigenvalue weighted by molar-refractivity contribution is 6.41. The molecule has 0 aliphatic heterocycles. The van der Waals surface area contributed by atoms with E-state index in [1.807, 2.05) is 38.3 Å². The van der Waals surface area contributed by atoms with Crippen LogP contribution in [0, 0.1) is 27.7 Å². The van der Waals surface area contributed by atoms with Crippen molar-refractivity contribution in [2.24, 2.45) is 0 Å². The first-order valence-corrected chi connectivity index (χ1v) is 9.16. The largest absolute Gasteiger partial charge is 0.318 e. The fourth-order valence-corrected chi connectivity index (χ4v) is 3.57. The number of hydrogen-bond donors (Lipinski definition) is 0. The number of carbonyl (C=O) groups excluding carboxylic acids is 1. The molecule has 0 spiro atoms. The van der Waals surface area contributed by atoms with Crippen molar-refractivity contribution in [3.05, 3.63) is 78.9 Å². The number of hydrogen-bond acceptors (Lipinski definition) is 3. The lowest BCUT2D eigenvalue weighted by molar-refractivity contribution is 0.0965. The Morgan fingerprint density at radius 2 is 1.67 bits per heavy atom. The highest BCUT2D eigenvalue weighted by atomic mass is 35.5. The van der Waals surface area contributed by atoms with Crippen LogP contribution in [-0.4, -0.2) is 20.1 Å². The van der Waals surface area contributed by atoms with Gasteiger partial charge in [-0.2, -0.15) is 5.10 Å². The summed E-state index contributed by atoms with van der Waals surface area (Å²) in [6, 6.07) is 8.09. The molecule has 2 aromatic heterocycles. The van der Waals surface area contributed by atoms with Gasteiger partial charge in [-0.3, -0.25) is 9.59 Å². The van der Waals surface area contributed by atoms with Crippen LogP contribution in [0.3, 0.4) is 0 Å². The van der Waals surface area contributed by atoms with E-state index in [-0.39, 0.29) is 22.4 Å². The van der Waals surface area contributed by atoms with Crippen LogP contribution in [0.4, 0.5) is 0 Å². The van der Waals surface area contributed by atoms with E-state index in [0.717, 1.165) is 32.9 Å². The van der Waals surface area contributed by atoms with Gasteiger partial charge in [0.05, 0.1) is 11.2 Å². The Morgan fingerprint density at radius 3 is 2.30 bits per heavy atom. The van der Waals surface area contributed by atoms with Gasteiger partial charge >= 0.3 is 0 Å². The molecule has 0 radical (unpaired) electrons. The van der Waals surface area contributed by atoms with Crippen LogP contribution in [-0.2, 0) is 6.54 Å². The lowest BCUT2D eigenvalue weighted by Crippen LogP contribution is -2.27. The molecular formula is C20H19Cl2N3O2. The van der Waals surface area contributed by atoms with Gasteiger partial charge in [-0.05, 0) is 57.0 Å². The molecule has 0 atom stereocenters. The number of ketones is 1. The van der Waals surface area contributed by atoms with E-state index in [0.29, 0.717) is 5.56 Å². The van der Waals surface area contributed by atoms with Crippen LogP contribution in [0.5, 0.6) is 0 Å². The van der Waals surface area contributed by atoms with Crippen LogP contribution in [0.2, 0.25) is 10.0 Å². The van der Waals surface area contributed by atoms with Gasteiger partial charge in [0.1, 0.15) is 11.6 Å². The molecule has 3 aromatic rings. The Balaban J connectivity index is 2.00. The average Bonchev–Trinajstić information content (AvgIpc) is 2.89. The van der Waals surface area contributed by atoms with Gasteiger partial charge in [0.2, 0.25) is 0 Å². The fraction of sp³-hybridized carbons (Fsp3) is 0.250. The maximum Gasteiger partial charge on any atom is 0.287 e. The summed E-state index contributed by atoms with van der Waals surface area (Å²) in [4.78, 5) is 25.0. The van der Waals surface area contributed by atoms with Gasteiger partial charge in [-0.15, -0.1) is 0 Å². The van der Waals surface area contributed by atoms with E-state index in [1.165, 1.54) is 6.20 Å². The number of rotatable bonds is 4. The Bertz CT molecular complexity index is 1090. The second-order valence-corrected chi connectivity index (χ2v) is 7.44. The van der Waals surface area contributed by atoms with Gasteiger partial charge in [0.15, 0.2) is 5.78 Å². The van der Waals surface area contributed by atoms with Crippen molar-refractivity contribution in [2.75, 3.05) is 0 Å². The van der Waals surface area contributed by atoms with Crippen molar-refractivity contribution in [3.8, 4) is 5.69 Å². The van der Waals surface area contributed by atoms with Crippen LogP contribution in [0.25, 0.3) is 5.69 Å². The molecule has 140 valence electrons. The minimum Gasteiger partial charge on any atom is -0.318 e. The second kappa shape index (κ2) is 7.33. The number of halogens is 2. The molecule has 0 saturated heterocycles.